The van der Waals surface area contributed by atoms with E-state index in [-0.39, 0.29) is 23.5 Å². The number of nitrogens with zero attached hydrogens (tertiary/aromatic N) is 3. The van der Waals surface area contributed by atoms with Crippen molar-refractivity contribution in [3.8, 4) is 17.0 Å². The van der Waals surface area contributed by atoms with Gasteiger partial charge >= 0.3 is 0 Å². The Morgan fingerprint density at radius 2 is 1.92 bits per heavy atom. The van der Waals surface area contributed by atoms with Crippen LogP contribution in [-0.2, 0) is 0 Å². The summed E-state index contributed by atoms with van der Waals surface area (Å²) in [6.45, 7) is 8.99. The Balaban J connectivity index is 2.09. The van der Waals surface area contributed by atoms with E-state index >= 15 is 0 Å². The van der Waals surface area contributed by atoms with E-state index in [0.717, 1.165) is 6.20 Å². The first kappa shape index (κ1) is 17.4. The maximum absolute atomic E-state index is 14.6. The van der Waals surface area contributed by atoms with Gasteiger partial charge in [0.2, 0.25) is 5.95 Å². The van der Waals surface area contributed by atoms with Crippen molar-refractivity contribution in [2.75, 3.05) is 23.4 Å². The van der Waals surface area contributed by atoms with Crippen LogP contribution in [0.1, 0.15) is 27.7 Å². The highest BCUT2D eigenvalue weighted by atomic mass is 19.1. The predicted octanol–water partition coefficient (Wildman–Crippen LogP) is 3.85. The number of aromatic nitrogens is 2. The predicted molar refractivity (Wildman–Crippen MR) is 94.1 cm³/mol. The molecule has 1 aromatic heterocycles. The first-order chi connectivity index (χ1) is 11.9. The third kappa shape index (κ3) is 3.50. The molecule has 7 heteroatoms. The molecule has 0 spiro atoms. The fourth-order valence-electron chi connectivity index (χ4n) is 2.87. The second-order valence-corrected chi connectivity index (χ2v) is 6.63. The molecule has 0 atom stereocenters. The Bertz CT molecular complexity index is 780. The number of fused-ring (bicyclic) bond motifs is 1. The third-order valence-electron chi connectivity index (χ3n) is 3.97. The molecule has 1 N–H and O–H groups in total. The molecule has 0 bridgehead atoms. The van der Waals surface area contributed by atoms with Crippen LogP contribution in [0.4, 0.5) is 20.4 Å². The monoisotopic (exact) mass is 348 g/mol. The number of hydrogen-bond donors (Lipinski definition) is 1. The summed E-state index contributed by atoms with van der Waals surface area (Å²) >= 11 is 0. The van der Waals surface area contributed by atoms with Crippen LogP contribution >= 0.6 is 0 Å². The zero-order chi connectivity index (χ0) is 18.1. The van der Waals surface area contributed by atoms with Crippen molar-refractivity contribution in [1.29, 1.82) is 0 Å². The maximum atomic E-state index is 14.6. The van der Waals surface area contributed by atoms with Crippen LogP contribution in [0.15, 0.2) is 18.3 Å². The maximum Gasteiger partial charge on any atom is 0.223 e. The van der Waals surface area contributed by atoms with Crippen LogP contribution in [0.3, 0.4) is 0 Å². The average Bonchev–Trinajstić information content (AvgIpc) is 2.55. The van der Waals surface area contributed by atoms with Gasteiger partial charge in [0.05, 0.1) is 18.4 Å². The molecule has 3 rings (SSSR count). The molecule has 0 amide bonds. The first-order valence-corrected chi connectivity index (χ1v) is 8.39. The summed E-state index contributed by atoms with van der Waals surface area (Å²) in [7, 11) is 0. The van der Waals surface area contributed by atoms with Crippen molar-refractivity contribution in [1.82, 2.24) is 9.97 Å². The van der Waals surface area contributed by atoms with Crippen LogP contribution in [0.2, 0.25) is 0 Å². The summed E-state index contributed by atoms with van der Waals surface area (Å²) < 4.78 is 34.3. The lowest BCUT2D eigenvalue weighted by molar-refractivity contribution is 0.287. The largest absolute Gasteiger partial charge is 0.486 e. The molecule has 25 heavy (non-hydrogen) atoms. The fraction of sp³-hybridized carbons (Fsp3) is 0.444. The molecule has 1 aromatic carbocycles. The summed E-state index contributed by atoms with van der Waals surface area (Å²) in [5.41, 5.74) is 1.04. The van der Waals surface area contributed by atoms with Gasteiger partial charge in [-0.25, -0.2) is 18.7 Å². The molecule has 0 saturated heterocycles. The summed E-state index contributed by atoms with van der Waals surface area (Å²) in [6, 6.07) is 3.25. The molecule has 2 aromatic rings. The molecule has 1 aliphatic heterocycles. The van der Waals surface area contributed by atoms with Crippen molar-refractivity contribution in [3.05, 3.63) is 30.0 Å². The molecule has 0 saturated carbocycles. The molecule has 2 heterocycles. The molecule has 0 fully saturated rings. The van der Waals surface area contributed by atoms with Crippen LogP contribution < -0.4 is 15.0 Å². The summed E-state index contributed by atoms with van der Waals surface area (Å²) in [5.74, 6) is -0.601. The number of nitrogens with one attached hydrogen (secondary N) is 1. The van der Waals surface area contributed by atoms with Gasteiger partial charge in [-0.2, -0.15) is 0 Å². The van der Waals surface area contributed by atoms with E-state index in [1.165, 1.54) is 6.07 Å². The lowest BCUT2D eigenvalue weighted by Gasteiger charge is -2.34. The van der Waals surface area contributed by atoms with Crippen LogP contribution in [0, 0.1) is 11.6 Å². The van der Waals surface area contributed by atoms with Gasteiger partial charge in [0.1, 0.15) is 12.3 Å². The Hall–Kier alpha value is -2.44. The molecule has 5 nitrogen and oxygen atoms in total. The van der Waals surface area contributed by atoms with Crippen LogP contribution in [0.5, 0.6) is 5.75 Å². The zero-order valence-electron chi connectivity index (χ0n) is 14.8. The van der Waals surface area contributed by atoms with Gasteiger partial charge in [-0.3, -0.25) is 0 Å². The number of hydrogen-bond acceptors (Lipinski definition) is 5. The molecule has 0 radical (unpaired) electrons. The van der Waals surface area contributed by atoms with Crippen LogP contribution in [-0.4, -0.2) is 35.2 Å². The minimum atomic E-state index is -0.596. The molecule has 1 aliphatic rings. The van der Waals surface area contributed by atoms with Crippen molar-refractivity contribution >= 4 is 11.6 Å². The zero-order valence-corrected chi connectivity index (χ0v) is 14.8. The van der Waals surface area contributed by atoms with Gasteiger partial charge in [0.25, 0.3) is 0 Å². The van der Waals surface area contributed by atoms with Crippen molar-refractivity contribution in [2.45, 2.75) is 39.8 Å². The molecule has 0 unspecified atom stereocenters. The van der Waals surface area contributed by atoms with E-state index in [4.69, 9.17) is 4.74 Å². The van der Waals surface area contributed by atoms with Crippen LogP contribution in [0.25, 0.3) is 11.3 Å². The smallest absolute Gasteiger partial charge is 0.223 e. The lowest BCUT2D eigenvalue weighted by atomic mass is 10.1. The van der Waals surface area contributed by atoms with E-state index in [2.05, 4.69) is 15.3 Å². The third-order valence-corrected chi connectivity index (χ3v) is 3.97. The van der Waals surface area contributed by atoms with E-state index < -0.39 is 11.6 Å². The Morgan fingerprint density at radius 3 is 2.60 bits per heavy atom. The van der Waals surface area contributed by atoms with Gasteiger partial charge in [-0.05, 0) is 39.8 Å². The SMILES string of the molecule is CC(C)Nc1ncc(F)c(-c2cc(F)c3c(c2)N(C(C)C)CCO3)n1. The Morgan fingerprint density at radius 1 is 1.16 bits per heavy atom. The summed E-state index contributed by atoms with van der Waals surface area (Å²) in [4.78, 5) is 10.2. The fourth-order valence-corrected chi connectivity index (χ4v) is 2.87. The van der Waals surface area contributed by atoms with Crippen molar-refractivity contribution in [3.63, 3.8) is 0 Å². The average molecular weight is 348 g/mol. The summed E-state index contributed by atoms with van der Waals surface area (Å²) in [5, 5.41) is 3.03. The van der Waals surface area contributed by atoms with Crippen molar-refractivity contribution in [2.24, 2.45) is 0 Å². The number of benzene rings is 1. The first-order valence-electron chi connectivity index (χ1n) is 8.39. The minimum absolute atomic E-state index is 0.0640. The molecule has 0 aliphatic carbocycles. The van der Waals surface area contributed by atoms with E-state index in [1.807, 2.05) is 32.6 Å². The van der Waals surface area contributed by atoms with Gasteiger partial charge < -0.3 is 15.0 Å². The number of anilines is 2. The van der Waals surface area contributed by atoms with Gasteiger partial charge in [0.15, 0.2) is 17.4 Å². The number of rotatable bonds is 4. The van der Waals surface area contributed by atoms with E-state index in [9.17, 15) is 8.78 Å². The van der Waals surface area contributed by atoms with Gasteiger partial charge in [-0.1, -0.05) is 0 Å². The highest BCUT2D eigenvalue weighted by Crippen LogP contribution is 2.39. The Labute approximate surface area is 146 Å². The highest BCUT2D eigenvalue weighted by Gasteiger charge is 2.25. The van der Waals surface area contributed by atoms with Crippen molar-refractivity contribution < 1.29 is 13.5 Å². The van der Waals surface area contributed by atoms with E-state index in [1.54, 1.807) is 6.07 Å². The summed E-state index contributed by atoms with van der Waals surface area (Å²) in [6.07, 6.45) is 1.10. The second-order valence-electron chi connectivity index (χ2n) is 6.63. The number of halogens is 2. The van der Waals surface area contributed by atoms with E-state index in [0.29, 0.717) is 30.4 Å². The topological polar surface area (TPSA) is 50.3 Å². The Kier molecular flexibility index (Phi) is 4.74. The van der Waals surface area contributed by atoms with Gasteiger partial charge in [0, 0.05) is 17.6 Å². The molecule has 134 valence electrons. The molecular formula is C18H22F2N4O. The lowest BCUT2D eigenvalue weighted by Crippen LogP contribution is -2.38. The molecular weight excluding hydrogens is 326 g/mol. The second kappa shape index (κ2) is 6.82. The highest BCUT2D eigenvalue weighted by molar-refractivity contribution is 5.72. The van der Waals surface area contributed by atoms with Gasteiger partial charge in [-0.15, -0.1) is 0 Å². The number of ether oxygens (including phenoxy) is 1. The standard InChI is InChI=1S/C18H22F2N4O/c1-10(2)22-18-21-9-14(20)16(23-18)12-7-13(19)17-15(8-12)24(11(3)4)5-6-25-17/h7-11H,5-6H2,1-4H3,(H,21,22,23). The minimum Gasteiger partial charge on any atom is -0.486 e. The quantitative estimate of drug-likeness (QED) is 0.909. The normalized spacial score (nSPS) is 13.8.